The van der Waals surface area contributed by atoms with E-state index >= 15 is 0 Å². The number of hydrogen-bond donors (Lipinski definition) is 1. The number of nitrogens with zero attached hydrogens (tertiary/aromatic N) is 2. The van der Waals surface area contributed by atoms with E-state index < -0.39 is 27.8 Å². The third kappa shape index (κ3) is 3.11. The lowest BCUT2D eigenvalue weighted by Crippen LogP contribution is -2.19. The van der Waals surface area contributed by atoms with E-state index in [2.05, 4.69) is 0 Å². The maximum Gasteiger partial charge on any atom is 0.338 e. The molecule has 0 amide bonds. The average Bonchev–Trinajstić information content (AvgIpc) is 2.40. The summed E-state index contributed by atoms with van der Waals surface area (Å²) in [6, 6.07) is 5.52. The Hall–Kier alpha value is -3.03. The van der Waals surface area contributed by atoms with E-state index in [1.54, 1.807) is 0 Å². The van der Waals surface area contributed by atoms with Crippen molar-refractivity contribution in [2.75, 3.05) is 0 Å². The van der Waals surface area contributed by atoms with Crippen molar-refractivity contribution in [1.29, 1.82) is 0 Å². The topological polar surface area (TPSA) is 102 Å². The van der Waals surface area contributed by atoms with E-state index in [-0.39, 0.29) is 12.2 Å². The highest BCUT2D eigenvalue weighted by molar-refractivity contribution is 5.87. The number of halogens is 1. The number of rotatable bonds is 4. The lowest BCUT2D eigenvalue weighted by atomic mass is 10.1. The molecule has 0 saturated carbocycles. The van der Waals surface area contributed by atoms with Crippen LogP contribution < -0.4 is 5.56 Å². The van der Waals surface area contributed by atoms with Gasteiger partial charge in [0.25, 0.3) is 11.2 Å². The molecule has 0 spiro atoms. The summed E-state index contributed by atoms with van der Waals surface area (Å²) in [4.78, 5) is 32.3. The first-order chi connectivity index (χ1) is 9.88. The molecule has 108 valence electrons. The summed E-state index contributed by atoms with van der Waals surface area (Å²) in [5.41, 5.74) is -0.911. The molecule has 0 bridgehead atoms. The molecule has 8 heteroatoms. The van der Waals surface area contributed by atoms with E-state index in [9.17, 15) is 24.1 Å². The van der Waals surface area contributed by atoms with Gasteiger partial charge in [-0.3, -0.25) is 14.9 Å². The maximum absolute atomic E-state index is 13.5. The van der Waals surface area contributed by atoms with Crippen LogP contribution in [0.15, 0.2) is 41.3 Å². The molecular formula is C13H9FN2O5. The Labute approximate surface area is 117 Å². The van der Waals surface area contributed by atoms with Crippen molar-refractivity contribution in [3.05, 3.63) is 73.9 Å². The molecule has 0 fully saturated rings. The van der Waals surface area contributed by atoms with Crippen LogP contribution in [0.3, 0.4) is 0 Å². The molecule has 2 aromatic rings. The number of aromatic nitrogens is 1. The van der Waals surface area contributed by atoms with Crippen molar-refractivity contribution in [3.8, 4) is 0 Å². The largest absolute Gasteiger partial charge is 0.478 e. The van der Waals surface area contributed by atoms with Crippen molar-refractivity contribution in [1.82, 2.24) is 4.57 Å². The Morgan fingerprint density at radius 3 is 2.62 bits per heavy atom. The molecule has 0 aliphatic heterocycles. The van der Waals surface area contributed by atoms with E-state index in [4.69, 9.17) is 5.11 Å². The monoisotopic (exact) mass is 292 g/mol. The molecule has 0 aliphatic carbocycles. The van der Waals surface area contributed by atoms with Crippen molar-refractivity contribution in [2.45, 2.75) is 6.54 Å². The Morgan fingerprint density at radius 2 is 2.05 bits per heavy atom. The lowest BCUT2D eigenvalue weighted by molar-refractivity contribution is -0.385. The van der Waals surface area contributed by atoms with Crippen molar-refractivity contribution in [3.63, 3.8) is 0 Å². The molecule has 7 nitrogen and oxygen atoms in total. The predicted molar refractivity (Wildman–Crippen MR) is 69.8 cm³/mol. The first-order valence-electron chi connectivity index (χ1n) is 5.75. The van der Waals surface area contributed by atoms with Gasteiger partial charge in [0.2, 0.25) is 0 Å². The Balaban J connectivity index is 2.36. The number of carboxylic acids is 1. The van der Waals surface area contributed by atoms with Crippen LogP contribution in [0.2, 0.25) is 0 Å². The van der Waals surface area contributed by atoms with Crippen LogP contribution >= 0.6 is 0 Å². The van der Waals surface area contributed by atoms with E-state index in [1.165, 1.54) is 6.07 Å². The fourth-order valence-electron chi connectivity index (χ4n) is 1.78. The molecule has 2 rings (SSSR count). The Kier molecular flexibility index (Phi) is 3.79. The molecule has 0 atom stereocenters. The molecule has 0 saturated heterocycles. The standard InChI is InChI=1S/C13H9FN2O5/c14-11-5-8(1-3-10(11)13(18)19)6-15-7-9(16(20)21)2-4-12(15)17/h1-5,7H,6H2,(H,18,19). The number of benzene rings is 1. The molecule has 1 N–H and O–H groups in total. The summed E-state index contributed by atoms with van der Waals surface area (Å²) in [6.45, 7) is -0.0999. The summed E-state index contributed by atoms with van der Waals surface area (Å²) in [7, 11) is 0. The molecule has 21 heavy (non-hydrogen) atoms. The SMILES string of the molecule is O=C(O)c1ccc(Cn2cc([N+](=O)[O-])ccc2=O)cc1F. The zero-order valence-corrected chi connectivity index (χ0v) is 10.5. The summed E-state index contributed by atoms with van der Waals surface area (Å²) < 4.78 is 14.6. The van der Waals surface area contributed by atoms with Crippen LogP contribution in [0, 0.1) is 15.9 Å². The number of hydrogen-bond acceptors (Lipinski definition) is 4. The Morgan fingerprint density at radius 1 is 1.33 bits per heavy atom. The van der Waals surface area contributed by atoms with Gasteiger partial charge in [-0.2, -0.15) is 0 Å². The van der Waals surface area contributed by atoms with Crippen molar-refractivity contribution in [2.24, 2.45) is 0 Å². The van der Waals surface area contributed by atoms with Crippen LogP contribution in [-0.2, 0) is 6.54 Å². The van der Waals surface area contributed by atoms with Gasteiger partial charge in [0, 0.05) is 12.1 Å². The van der Waals surface area contributed by atoms with Gasteiger partial charge in [-0.15, -0.1) is 0 Å². The highest BCUT2D eigenvalue weighted by Gasteiger charge is 2.12. The van der Waals surface area contributed by atoms with Crippen molar-refractivity contribution >= 4 is 11.7 Å². The molecule has 0 radical (unpaired) electrons. The number of carboxylic acid groups (broad SMARTS) is 1. The minimum Gasteiger partial charge on any atom is -0.478 e. The van der Waals surface area contributed by atoms with Gasteiger partial charge >= 0.3 is 5.97 Å². The zero-order valence-electron chi connectivity index (χ0n) is 10.5. The maximum atomic E-state index is 13.5. The third-order valence-electron chi connectivity index (χ3n) is 2.80. The van der Waals surface area contributed by atoms with E-state index in [1.807, 2.05) is 0 Å². The molecule has 0 unspecified atom stereocenters. The van der Waals surface area contributed by atoms with E-state index in [0.717, 1.165) is 35.0 Å². The first kappa shape index (κ1) is 14.4. The van der Waals surface area contributed by atoms with Gasteiger partial charge in [-0.1, -0.05) is 6.07 Å². The lowest BCUT2D eigenvalue weighted by Gasteiger charge is -2.06. The van der Waals surface area contributed by atoms with Gasteiger partial charge in [0.15, 0.2) is 0 Å². The number of carbonyl (C=O) groups is 1. The van der Waals surface area contributed by atoms with Crippen LogP contribution in [0.25, 0.3) is 0 Å². The molecule has 0 aliphatic rings. The second-order valence-corrected chi connectivity index (χ2v) is 4.23. The highest BCUT2D eigenvalue weighted by atomic mass is 19.1. The number of aromatic carboxylic acids is 1. The summed E-state index contributed by atoms with van der Waals surface area (Å²) in [6.07, 6.45) is 1.05. The third-order valence-corrected chi connectivity index (χ3v) is 2.80. The summed E-state index contributed by atoms with van der Waals surface area (Å²) in [5, 5.41) is 19.4. The smallest absolute Gasteiger partial charge is 0.338 e. The molecule has 1 aromatic carbocycles. The molecular weight excluding hydrogens is 283 g/mol. The second kappa shape index (κ2) is 5.53. The summed E-state index contributed by atoms with van der Waals surface area (Å²) >= 11 is 0. The van der Waals surface area contributed by atoms with Gasteiger partial charge in [-0.25, -0.2) is 9.18 Å². The quantitative estimate of drug-likeness (QED) is 0.681. The number of pyridine rings is 1. The van der Waals surface area contributed by atoms with E-state index in [0.29, 0.717) is 5.56 Å². The van der Waals surface area contributed by atoms with Gasteiger partial charge in [0.1, 0.15) is 5.82 Å². The molecule has 1 aromatic heterocycles. The zero-order chi connectivity index (χ0) is 15.6. The summed E-state index contributed by atoms with van der Waals surface area (Å²) in [5.74, 6) is -2.33. The number of nitro groups is 1. The predicted octanol–water partition coefficient (Wildman–Crippen LogP) is 1.64. The Bertz CT molecular complexity index is 784. The van der Waals surface area contributed by atoms with Gasteiger partial charge in [0.05, 0.1) is 23.2 Å². The highest BCUT2D eigenvalue weighted by Crippen LogP contribution is 2.13. The average molecular weight is 292 g/mol. The fraction of sp³-hybridized carbons (Fsp3) is 0.0769. The normalized spacial score (nSPS) is 10.3. The molecule has 1 heterocycles. The minimum absolute atomic E-state index is 0.0999. The van der Waals surface area contributed by atoms with Crippen molar-refractivity contribution < 1.29 is 19.2 Å². The van der Waals surface area contributed by atoms with Crippen LogP contribution in [0.5, 0.6) is 0 Å². The van der Waals surface area contributed by atoms with Crippen LogP contribution in [0.1, 0.15) is 15.9 Å². The van der Waals surface area contributed by atoms with Crippen LogP contribution in [-0.4, -0.2) is 20.6 Å². The fourth-order valence-corrected chi connectivity index (χ4v) is 1.78. The van der Waals surface area contributed by atoms with Gasteiger partial charge in [-0.05, 0) is 17.7 Å². The second-order valence-electron chi connectivity index (χ2n) is 4.23. The first-order valence-corrected chi connectivity index (χ1v) is 5.75. The van der Waals surface area contributed by atoms with Gasteiger partial charge < -0.3 is 9.67 Å². The van der Waals surface area contributed by atoms with Crippen LogP contribution in [0.4, 0.5) is 10.1 Å². The minimum atomic E-state index is -1.40.